The van der Waals surface area contributed by atoms with E-state index in [1.165, 1.54) is 283 Å². The number of aromatic amines is 1. The van der Waals surface area contributed by atoms with Gasteiger partial charge in [0.25, 0.3) is 0 Å². The van der Waals surface area contributed by atoms with Gasteiger partial charge in [-0.25, -0.2) is 14.8 Å². The second kappa shape index (κ2) is 41.6. The highest BCUT2D eigenvalue weighted by atomic mass is 16.1. The number of nitrogens with one attached hydrogen (secondary N) is 2. The largest absolute Gasteiger partial charge is 0.330 e. The van der Waals surface area contributed by atoms with Crippen molar-refractivity contribution < 1.29 is 0 Å². The first kappa shape index (κ1) is 58.0. The first-order chi connectivity index (χ1) is 32.7. The van der Waals surface area contributed by atoms with E-state index in [2.05, 4.69) is 35.6 Å². The van der Waals surface area contributed by atoms with Crippen LogP contribution in [0.3, 0.4) is 0 Å². The topological polar surface area (TPSA) is 80.0 Å². The number of H-pyrrole nitrogens is 1. The average Bonchev–Trinajstić information content (AvgIpc) is 3.80. The van der Waals surface area contributed by atoms with Crippen LogP contribution in [0.25, 0.3) is 11.4 Å². The van der Waals surface area contributed by atoms with Gasteiger partial charge in [-0.15, -0.1) is 0 Å². The number of nitrogens with zero attached hydrogens (tertiary/aromatic N) is 4. The van der Waals surface area contributed by atoms with E-state index in [0.717, 1.165) is 49.0 Å². The van der Waals surface area contributed by atoms with Crippen LogP contribution in [0.15, 0.2) is 16.1 Å². The molecular formula is C59H110N6O. The lowest BCUT2D eigenvalue weighted by atomic mass is 10.0. The summed E-state index contributed by atoms with van der Waals surface area (Å²) in [5.74, 6) is 2.20. The molecule has 0 radical (unpaired) electrons. The molecule has 3 rings (SSSR count). The first-order valence-electron chi connectivity index (χ1n) is 29.8. The number of imidazole rings is 2. The molecule has 7 nitrogen and oxygen atoms in total. The lowest BCUT2D eigenvalue weighted by Crippen LogP contribution is -2.19. The molecular weight excluding hydrogens is 809 g/mol. The highest BCUT2D eigenvalue weighted by Gasteiger charge is 2.24. The molecule has 1 unspecified atom stereocenters. The van der Waals surface area contributed by atoms with Crippen molar-refractivity contribution in [2.45, 2.75) is 329 Å². The zero-order valence-electron chi connectivity index (χ0n) is 44.4. The van der Waals surface area contributed by atoms with Crippen molar-refractivity contribution in [2.24, 2.45) is 10.9 Å². The highest BCUT2D eigenvalue weighted by Crippen LogP contribution is 2.35. The first-order valence-corrected chi connectivity index (χ1v) is 29.8. The molecule has 2 aromatic heterocycles. The number of fused-ring (bicyclic) bond motifs is 3. The second-order valence-corrected chi connectivity index (χ2v) is 21.4. The van der Waals surface area contributed by atoms with Gasteiger partial charge in [0, 0.05) is 13.1 Å². The Balaban J connectivity index is 1.05. The van der Waals surface area contributed by atoms with Crippen LogP contribution >= 0.6 is 0 Å². The van der Waals surface area contributed by atoms with Crippen molar-refractivity contribution in [1.82, 2.24) is 19.1 Å². The van der Waals surface area contributed by atoms with Crippen LogP contribution in [0.5, 0.6) is 0 Å². The van der Waals surface area contributed by atoms with Crippen LogP contribution in [0.2, 0.25) is 0 Å². The Morgan fingerprint density at radius 1 is 0.470 bits per heavy atom. The van der Waals surface area contributed by atoms with Crippen molar-refractivity contribution in [3.8, 4) is 11.4 Å². The molecule has 0 fully saturated rings. The maximum atomic E-state index is 13.1. The molecule has 2 aromatic rings. The highest BCUT2D eigenvalue weighted by molar-refractivity contribution is 5.89. The van der Waals surface area contributed by atoms with Crippen molar-refractivity contribution in [1.29, 1.82) is 0 Å². The third kappa shape index (κ3) is 28.2. The molecule has 1 atom stereocenters. The normalized spacial score (nSPS) is 12.7. The molecule has 0 amide bonds. The molecule has 1 aliphatic heterocycles. The summed E-state index contributed by atoms with van der Waals surface area (Å²) in [7, 11) is 0. The molecule has 0 saturated heterocycles. The summed E-state index contributed by atoms with van der Waals surface area (Å²) in [5.41, 5.74) is 1.49. The summed E-state index contributed by atoms with van der Waals surface area (Å²) in [6.45, 7) is 8.55. The van der Waals surface area contributed by atoms with Gasteiger partial charge in [-0.3, -0.25) is 4.57 Å². The van der Waals surface area contributed by atoms with Crippen molar-refractivity contribution in [3.63, 3.8) is 0 Å². The Morgan fingerprint density at radius 3 is 1.17 bits per heavy atom. The molecule has 0 bridgehead atoms. The van der Waals surface area contributed by atoms with Crippen LogP contribution < -0.4 is 11.0 Å². The van der Waals surface area contributed by atoms with Crippen LogP contribution in [0, 0.1) is 5.92 Å². The second-order valence-electron chi connectivity index (χ2n) is 21.4. The summed E-state index contributed by atoms with van der Waals surface area (Å²) >= 11 is 0. The van der Waals surface area contributed by atoms with E-state index < -0.39 is 0 Å². The zero-order chi connectivity index (χ0) is 46.8. The summed E-state index contributed by atoms with van der Waals surface area (Å²) in [4.78, 5) is 25.7. The molecule has 1 aliphatic rings. The van der Waals surface area contributed by atoms with E-state index in [1.807, 2.05) is 10.9 Å². The fourth-order valence-corrected chi connectivity index (χ4v) is 10.6. The standard InChI is InChI=1S/C59H110N6O/c1-4-6-8-10-12-14-15-16-17-18-19-20-21-22-23-24-25-26-27-28-29-30-31-32-33-34-35-36-37-38-39-40-42-44-46-48-50-65-58-56(63-59(65)66)55-57(60-52-61-58)64(53-62-55)51-54(3)49-47-45-43-41-13-11-9-7-5-2/h52-54H,4-51H2,1-3H3,(H,60,61)(H,63,66). The maximum absolute atomic E-state index is 13.1. The third-order valence-electron chi connectivity index (χ3n) is 15.0. The van der Waals surface area contributed by atoms with Crippen LogP contribution in [-0.4, -0.2) is 25.4 Å². The fourth-order valence-electron chi connectivity index (χ4n) is 10.6. The fraction of sp³-hybridized carbons (Fsp3) is 0.881. The monoisotopic (exact) mass is 919 g/mol. The predicted octanol–water partition coefficient (Wildman–Crippen LogP) is 19.7. The van der Waals surface area contributed by atoms with Gasteiger partial charge < -0.3 is 14.9 Å². The minimum Gasteiger partial charge on any atom is -0.330 e. The molecule has 0 aliphatic carbocycles. The number of hydrogen-bond donors (Lipinski definition) is 2. The van der Waals surface area contributed by atoms with Gasteiger partial charge >= 0.3 is 5.69 Å². The van der Waals surface area contributed by atoms with E-state index >= 15 is 0 Å². The smallest absolute Gasteiger partial charge is 0.327 e. The number of aliphatic imine (C=N–C) groups is 1. The molecule has 2 N–H and O–H groups in total. The van der Waals surface area contributed by atoms with Gasteiger partial charge in [0.05, 0.1) is 12.7 Å². The third-order valence-corrected chi connectivity index (χ3v) is 15.0. The Hall–Kier alpha value is -2.31. The predicted molar refractivity (Wildman–Crippen MR) is 291 cm³/mol. The van der Waals surface area contributed by atoms with Crippen molar-refractivity contribution in [3.05, 3.63) is 16.8 Å². The van der Waals surface area contributed by atoms with E-state index in [0.29, 0.717) is 5.92 Å². The van der Waals surface area contributed by atoms with Crippen LogP contribution in [-0.2, 0) is 13.1 Å². The lowest BCUT2D eigenvalue weighted by Gasteiger charge is -2.13. The molecule has 0 saturated carbocycles. The zero-order valence-corrected chi connectivity index (χ0v) is 44.4. The average molecular weight is 920 g/mol. The Kier molecular flexibility index (Phi) is 36.6. The Bertz CT molecular complexity index is 1450. The van der Waals surface area contributed by atoms with Gasteiger partial charge in [0.15, 0.2) is 5.82 Å². The van der Waals surface area contributed by atoms with E-state index in [9.17, 15) is 4.79 Å². The van der Waals surface area contributed by atoms with Gasteiger partial charge in [-0.1, -0.05) is 303 Å². The van der Waals surface area contributed by atoms with Crippen LogP contribution in [0.4, 0.5) is 11.6 Å². The summed E-state index contributed by atoms with van der Waals surface area (Å²) < 4.78 is 4.02. The molecule has 382 valence electrons. The molecule has 7 heteroatoms. The SMILES string of the molecule is CCCCCCCCCCCCCCCCCCCCCCCCCCCCCCCCCCCCCCn1c2c([nH]c1=O)-c1ncn(CC(C)CCCCCCCCCCC)c1N=CN2. The molecule has 0 spiro atoms. The number of unbranched alkanes of at least 4 members (excludes halogenated alkanes) is 43. The Morgan fingerprint density at radius 2 is 0.803 bits per heavy atom. The Labute approximate surface area is 409 Å². The van der Waals surface area contributed by atoms with E-state index in [1.54, 1.807) is 6.34 Å². The van der Waals surface area contributed by atoms with Gasteiger partial charge in [-0.2, -0.15) is 0 Å². The quantitative estimate of drug-likeness (QED) is 0.0649. The number of rotatable bonds is 49. The van der Waals surface area contributed by atoms with Gasteiger partial charge in [0.2, 0.25) is 0 Å². The number of hydrogen-bond acceptors (Lipinski definition) is 4. The minimum atomic E-state index is -0.0571. The van der Waals surface area contributed by atoms with Gasteiger partial charge in [0.1, 0.15) is 17.2 Å². The molecule has 66 heavy (non-hydrogen) atoms. The van der Waals surface area contributed by atoms with Crippen LogP contribution in [0.1, 0.15) is 316 Å². The summed E-state index contributed by atoms with van der Waals surface area (Å²) in [6, 6.07) is 0. The lowest BCUT2D eigenvalue weighted by molar-refractivity contribution is 0.425. The molecule has 3 heterocycles. The van der Waals surface area contributed by atoms with Crippen molar-refractivity contribution in [2.75, 3.05) is 5.32 Å². The number of aromatic nitrogens is 4. The van der Waals surface area contributed by atoms with Gasteiger partial charge in [-0.05, 0) is 18.8 Å². The molecule has 0 aromatic carbocycles. The minimum absolute atomic E-state index is 0.0571. The van der Waals surface area contributed by atoms with Crippen molar-refractivity contribution >= 4 is 18.0 Å². The van der Waals surface area contributed by atoms with E-state index in [-0.39, 0.29) is 5.69 Å². The van der Waals surface area contributed by atoms with E-state index in [4.69, 9.17) is 9.98 Å². The summed E-state index contributed by atoms with van der Waals surface area (Å²) in [6.07, 6.45) is 68.4. The summed E-state index contributed by atoms with van der Waals surface area (Å²) in [5, 5.41) is 3.31. The number of anilines is 1. The maximum Gasteiger partial charge on any atom is 0.327 e.